The number of carbonyl (C=O) groups is 1. The highest BCUT2D eigenvalue weighted by Gasteiger charge is 2.16. The van der Waals surface area contributed by atoms with Crippen LogP contribution in [0, 0.1) is 0 Å². The Bertz CT molecular complexity index is 433. The van der Waals surface area contributed by atoms with Crippen LogP contribution in [0.4, 0.5) is 0 Å². The molecule has 0 saturated heterocycles. The molecule has 0 aromatic heterocycles. The summed E-state index contributed by atoms with van der Waals surface area (Å²) >= 11 is 0. The minimum absolute atomic E-state index is 0.149. The maximum Gasteiger partial charge on any atom is 0.307 e. The summed E-state index contributed by atoms with van der Waals surface area (Å²) < 4.78 is 15.7. The van der Waals surface area contributed by atoms with E-state index in [9.17, 15) is 4.79 Å². The first kappa shape index (κ1) is 12.7. The molecule has 1 aliphatic rings. The molecule has 1 atom stereocenters. The van der Waals surface area contributed by atoms with Crippen LogP contribution in [0.25, 0.3) is 0 Å². The van der Waals surface area contributed by atoms with Crippen LogP contribution in [-0.2, 0) is 9.53 Å². The maximum atomic E-state index is 11.2. The predicted molar refractivity (Wildman–Crippen MR) is 65.6 cm³/mol. The van der Waals surface area contributed by atoms with Crippen LogP contribution in [0.2, 0.25) is 0 Å². The smallest absolute Gasteiger partial charge is 0.307 e. The first-order valence-corrected chi connectivity index (χ1v) is 5.92. The van der Waals surface area contributed by atoms with Crippen molar-refractivity contribution in [2.75, 3.05) is 20.3 Å². The van der Waals surface area contributed by atoms with Crippen molar-refractivity contribution in [3.8, 4) is 11.5 Å². The molecule has 2 rings (SSSR count). The van der Waals surface area contributed by atoms with Gasteiger partial charge in [0.05, 0.1) is 26.7 Å². The fourth-order valence-electron chi connectivity index (χ4n) is 1.79. The first-order chi connectivity index (χ1) is 8.70. The van der Waals surface area contributed by atoms with E-state index in [1.54, 1.807) is 0 Å². The van der Waals surface area contributed by atoms with Crippen LogP contribution in [0.15, 0.2) is 18.2 Å². The van der Waals surface area contributed by atoms with E-state index in [4.69, 9.17) is 15.2 Å². The third-order valence-electron chi connectivity index (χ3n) is 2.81. The molecule has 0 unspecified atom stereocenters. The normalized spacial score (nSPS) is 15.7. The summed E-state index contributed by atoms with van der Waals surface area (Å²) in [5.41, 5.74) is 6.78. The summed E-state index contributed by atoms with van der Waals surface area (Å²) in [4.78, 5) is 11.2. The highest BCUT2D eigenvalue weighted by Crippen LogP contribution is 2.32. The number of benzene rings is 1. The van der Waals surface area contributed by atoms with Gasteiger partial charge in [-0.15, -0.1) is 0 Å². The average Bonchev–Trinajstić information content (AvgIpc) is 2.62. The van der Waals surface area contributed by atoms with Gasteiger partial charge in [-0.1, -0.05) is 6.07 Å². The zero-order valence-electron chi connectivity index (χ0n) is 10.3. The van der Waals surface area contributed by atoms with E-state index in [1.807, 2.05) is 18.2 Å². The van der Waals surface area contributed by atoms with Gasteiger partial charge in [-0.05, 0) is 17.7 Å². The average molecular weight is 251 g/mol. The van der Waals surface area contributed by atoms with Gasteiger partial charge in [-0.2, -0.15) is 0 Å². The van der Waals surface area contributed by atoms with Gasteiger partial charge in [-0.3, -0.25) is 4.79 Å². The summed E-state index contributed by atoms with van der Waals surface area (Å²) in [6, 6.07) is 5.11. The molecule has 1 heterocycles. The van der Waals surface area contributed by atoms with Gasteiger partial charge in [0.2, 0.25) is 0 Å². The van der Waals surface area contributed by atoms with E-state index in [-0.39, 0.29) is 12.4 Å². The molecule has 18 heavy (non-hydrogen) atoms. The Morgan fingerprint density at radius 1 is 1.39 bits per heavy atom. The SMILES string of the molecule is COC(=O)C[C@@H](N)c1ccc2c(c1)OCCCO2. The van der Waals surface area contributed by atoms with Gasteiger partial charge in [-0.25, -0.2) is 0 Å². The standard InChI is InChI=1S/C13H17NO4/c1-16-13(15)8-10(14)9-3-4-11-12(7-9)18-6-2-5-17-11/h3-4,7,10H,2,5-6,8,14H2,1H3/t10-/m1/s1. The highest BCUT2D eigenvalue weighted by molar-refractivity contribution is 5.70. The molecule has 5 nitrogen and oxygen atoms in total. The molecular weight excluding hydrogens is 234 g/mol. The predicted octanol–water partition coefficient (Wildman–Crippen LogP) is 1.41. The summed E-state index contributed by atoms with van der Waals surface area (Å²) in [7, 11) is 1.35. The molecule has 0 spiro atoms. The summed E-state index contributed by atoms with van der Waals surface area (Å²) in [5.74, 6) is 1.08. The number of rotatable bonds is 3. The third-order valence-corrected chi connectivity index (χ3v) is 2.81. The number of methoxy groups -OCH3 is 1. The molecule has 0 amide bonds. The van der Waals surface area contributed by atoms with E-state index in [2.05, 4.69) is 4.74 Å². The van der Waals surface area contributed by atoms with Crippen molar-refractivity contribution in [1.29, 1.82) is 0 Å². The zero-order valence-corrected chi connectivity index (χ0v) is 10.3. The van der Waals surface area contributed by atoms with E-state index < -0.39 is 6.04 Å². The van der Waals surface area contributed by atoms with Crippen molar-refractivity contribution in [2.24, 2.45) is 5.73 Å². The molecule has 98 valence electrons. The van der Waals surface area contributed by atoms with Crippen molar-refractivity contribution in [1.82, 2.24) is 0 Å². The van der Waals surface area contributed by atoms with Gasteiger partial charge in [0.25, 0.3) is 0 Å². The number of ether oxygens (including phenoxy) is 3. The number of carbonyl (C=O) groups excluding carboxylic acids is 1. The quantitative estimate of drug-likeness (QED) is 0.822. The van der Waals surface area contributed by atoms with Crippen molar-refractivity contribution >= 4 is 5.97 Å². The Morgan fingerprint density at radius 3 is 2.83 bits per heavy atom. The van der Waals surface area contributed by atoms with E-state index >= 15 is 0 Å². The van der Waals surface area contributed by atoms with Crippen LogP contribution in [-0.4, -0.2) is 26.3 Å². The first-order valence-electron chi connectivity index (χ1n) is 5.92. The fourth-order valence-corrected chi connectivity index (χ4v) is 1.79. The van der Waals surface area contributed by atoms with E-state index in [1.165, 1.54) is 7.11 Å². The lowest BCUT2D eigenvalue weighted by molar-refractivity contribution is -0.141. The molecule has 1 aromatic rings. The van der Waals surface area contributed by atoms with Crippen LogP contribution < -0.4 is 15.2 Å². The second-order valence-electron chi connectivity index (χ2n) is 4.14. The molecule has 2 N–H and O–H groups in total. The molecule has 0 bridgehead atoms. The van der Waals surface area contributed by atoms with E-state index in [0.717, 1.165) is 17.7 Å². The fraction of sp³-hybridized carbons (Fsp3) is 0.462. The number of fused-ring (bicyclic) bond motifs is 1. The molecule has 0 fully saturated rings. The largest absolute Gasteiger partial charge is 0.490 e. The van der Waals surface area contributed by atoms with Crippen LogP contribution >= 0.6 is 0 Å². The van der Waals surface area contributed by atoms with Gasteiger partial charge in [0.1, 0.15) is 0 Å². The van der Waals surface area contributed by atoms with Crippen molar-refractivity contribution in [2.45, 2.75) is 18.9 Å². The minimum atomic E-state index is -0.394. The Balaban J connectivity index is 2.14. The number of hydrogen-bond donors (Lipinski definition) is 1. The molecular formula is C13H17NO4. The van der Waals surface area contributed by atoms with Gasteiger partial charge >= 0.3 is 5.97 Å². The van der Waals surface area contributed by atoms with Crippen LogP contribution in [0.1, 0.15) is 24.4 Å². The highest BCUT2D eigenvalue weighted by atomic mass is 16.5. The Hall–Kier alpha value is -1.75. The zero-order chi connectivity index (χ0) is 13.0. The maximum absolute atomic E-state index is 11.2. The molecule has 1 aromatic carbocycles. The third kappa shape index (κ3) is 2.92. The van der Waals surface area contributed by atoms with Crippen molar-refractivity contribution in [3.05, 3.63) is 23.8 Å². The molecule has 5 heteroatoms. The van der Waals surface area contributed by atoms with Crippen molar-refractivity contribution < 1.29 is 19.0 Å². The Morgan fingerprint density at radius 2 is 2.11 bits per heavy atom. The molecule has 1 aliphatic heterocycles. The Labute approximate surface area is 106 Å². The summed E-state index contributed by atoms with van der Waals surface area (Å²) in [6.45, 7) is 1.28. The second kappa shape index (κ2) is 5.73. The second-order valence-corrected chi connectivity index (χ2v) is 4.14. The Kier molecular flexibility index (Phi) is 4.04. The number of nitrogens with two attached hydrogens (primary N) is 1. The minimum Gasteiger partial charge on any atom is -0.490 e. The van der Waals surface area contributed by atoms with Gasteiger partial charge < -0.3 is 19.9 Å². The summed E-state index contributed by atoms with van der Waals surface area (Å²) in [6.07, 6.45) is 1.01. The topological polar surface area (TPSA) is 70.8 Å². The van der Waals surface area contributed by atoms with Crippen molar-refractivity contribution in [3.63, 3.8) is 0 Å². The summed E-state index contributed by atoms with van der Waals surface area (Å²) in [5, 5.41) is 0. The monoisotopic (exact) mass is 251 g/mol. The van der Waals surface area contributed by atoms with Gasteiger partial charge in [0.15, 0.2) is 11.5 Å². The van der Waals surface area contributed by atoms with Gasteiger partial charge in [0, 0.05) is 12.5 Å². The van der Waals surface area contributed by atoms with E-state index in [0.29, 0.717) is 19.0 Å². The number of hydrogen-bond acceptors (Lipinski definition) is 5. The molecule has 0 radical (unpaired) electrons. The molecule has 0 saturated carbocycles. The lowest BCUT2D eigenvalue weighted by atomic mass is 10.0. The number of esters is 1. The molecule has 0 aliphatic carbocycles. The van der Waals surface area contributed by atoms with Crippen LogP contribution in [0.3, 0.4) is 0 Å². The lowest BCUT2D eigenvalue weighted by Gasteiger charge is -2.13. The van der Waals surface area contributed by atoms with Crippen LogP contribution in [0.5, 0.6) is 11.5 Å². The lowest BCUT2D eigenvalue weighted by Crippen LogP contribution is -2.16.